The Hall–Kier alpha value is -1.55. The van der Waals surface area contributed by atoms with E-state index >= 15 is 0 Å². The summed E-state index contributed by atoms with van der Waals surface area (Å²) < 4.78 is 5.63. The van der Waals surface area contributed by atoms with Gasteiger partial charge in [-0.15, -0.1) is 0 Å². The van der Waals surface area contributed by atoms with Crippen LogP contribution in [0.5, 0.6) is 5.75 Å². The predicted molar refractivity (Wildman–Crippen MR) is 84.8 cm³/mol. The molecule has 1 N–H and O–H groups in total. The Morgan fingerprint density at radius 3 is 2.81 bits per heavy atom. The molecule has 0 bridgehead atoms. The Morgan fingerprint density at radius 1 is 1.38 bits per heavy atom. The van der Waals surface area contributed by atoms with Crippen molar-refractivity contribution in [3.63, 3.8) is 0 Å². The highest BCUT2D eigenvalue weighted by Crippen LogP contribution is 2.17. The Kier molecular flexibility index (Phi) is 6.05. The Balaban J connectivity index is 1.93. The molecule has 1 amide bonds. The van der Waals surface area contributed by atoms with Gasteiger partial charge in [-0.25, -0.2) is 0 Å². The highest BCUT2D eigenvalue weighted by atomic mass is 16.5. The number of hydrogen-bond acceptors (Lipinski definition) is 3. The third-order valence-corrected chi connectivity index (χ3v) is 3.98. The number of carbonyl (C=O) groups is 1. The molecule has 1 fully saturated rings. The van der Waals surface area contributed by atoms with Crippen molar-refractivity contribution in [2.45, 2.75) is 38.6 Å². The minimum absolute atomic E-state index is 0.120. The third-order valence-electron chi connectivity index (χ3n) is 3.98. The van der Waals surface area contributed by atoms with Gasteiger partial charge in [-0.1, -0.05) is 13.3 Å². The van der Waals surface area contributed by atoms with E-state index in [-0.39, 0.29) is 5.91 Å². The molecule has 1 aromatic rings. The fourth-order valence-corrected chi connectivity index (χ4v) is 2.61. The van der Waals surface area contributed by atoms with Crippen LogP contribution in [-0.2, 0) is 0 Å². The molecule has 1 saturated heterocycles. The monoisotopic (exact) mass is 290 g/mol. The van der Waals surface area contributed by atoms with Crippen LogP contribution in [0.15, 0.2) is 24.3 Å². The number of rotatable bonds is 6. The molecule has 4 heteroatoms. The first kappa shape index (κ1) is 15.8. The van der Waals surface area contributed by atoms with Gasteiger partial charge in [0.15, 0.2) is 0 Å². The summed E-state index contributed by atoms with van der Waals surface area (Å²) in [5.41, 5.74) is 0.745. The molecule has 0 radical (unpaired) electrons. The fraction of sp³-hybridized carbons (Fsp3) is 0.588. The highest BCUT2D eigenvalue weighted by Gasteiger charge is 2.23. The summed E-state index contributed by atoms with van der Waals surface area (Å²) in [5.74, 6) is 0.960. The van der Waals surface area contributed by atoms with Crippen molar-refractivity contribution in [1.82, 2.24) is 10.2 Å². The molecule has 1 atom stereocenters. The number of nitrogens with one attached hydrogen (secondary N) is 1. The van der Waals surface area contributed by atoms with E-state index in [4.69, 9.17) is 4.74 Å². The molecule has 4 nitrogen and oxygen atoms in total. The molecular weight excluding hydrogens is 264 g/mol. The van der Waals surface area contributed by atoms with E-state index in [2.05, 4.69) is 12.2 Å². The maximum atomic E-state index is 12.5. The molecule has 21 heavy (non-hydrogen) atoms. The van der Waals surface area contributed by atoms with Crippen molar-refractivity contribution in [3.8, 4) is 5.75 Å². The highest BCUT2D eigenvalue weighted by molar-refractivity contribution is 5.94. The minimum atomic E-state index is 0.120. The molecule has 0 aliphatic carbocycles. The van der Waals surface area contributed by atoms with Gasteiger partial charge < -0.3 is 15.0 Å². The zero-order chi connectivity index (χ0) is 15.1. The van der Waals surface area contributed by atoms with Gasteiger partial charge in [0.25, 0.3) is 5.91 Å². The number of hydrogen-bond donors (Lipinski definition) is 1. The van der Waals surface area contributed by atoms with E-state index in [1.54, 1.807) is 0 Å². The third kappa shape index (κ3) is 4.46. The fourth-order valence-electron chi connectivity index (χ4n) is 2.61. The SMILES string of the molecule is CCCCOc1ccc(C(=O)N2CCCC(NC)C2)cc1. The molecule has 0 saturated carbocycles. The number of unbranched alkanes of at least 4 members (excludes halogenated alkanes) is 1. The number of carbonyl (C=O) groups excluding carboxylic acids is 1. The van der Waals surface area contributed by atoms with Gasteiger partial charge >= 0.3 is 0 Å². The lowest BCUT2D eigenvalue weighted by Crippen LogP contribution is -2.46. The van der Waals surface area contributed by atoms with Crippen LogP contribution in [0.2, 0.25) is 0 Å². The summed E-state index contributed by atoms with van der Waals surface area (Å²) in [7, 11) is 1.96. The normalized spacial score (nSPS) is 18.6. The lowest BCUT2D eigenvalue weighted by atomic mass is 10.0. The maximum Gasteiger partial charge on any atom is 0.253 e. The summed E-state index contributed by atoms with van der Waals surface area (Å²) in [6, 6.07) is 7.93. The molecule has 116 valence electrons. The number of likely N-dealkylation sites (N-methyl/N-ethyl adjacent to an activating group) is 1. The van der Waals surface area contributed by atoms with Gasteiger partial charge in [0.05, 0.1) is 6.61 Å². The van der Waals surface area contributed by atoms with E-state index in [1.807, 2.05) is 36.2 Å². The quantitative estimate of drug-likeness (QED) is 0.819. The van der Waals surface area contributed by atoms with Gasteiger partial charge in [-0.05, 0) is 50.6 Å². The molecule has 1 aromatic carbocycles. The number of piperidine rings is 1. The second kappa shape index (κ2) is 8.03. The smallest absolute Gasteiger partial charge is 0.253 e. The van der Waals surface area contributed by atoms with E-state index in [0.717, 1.165) is 56.7 Å². The molecule has 1 unspecified atom stereocenters. The first-order valence-electron chi connectivity index (χ1n) is 7.94. The molecule has 1 aliphatic heterocycles. The zero-order valence-electron chi connectivity index (χ0n) is 13.1. The van der Waals surface area contributed by atoms with E-state index in [9.17, 15) is 4.79 Å². The van der Waals surface area contributed by atoms with Crippen molar-refractivity contribution < 1.29 is 9.53 Å². The van der Waals surface area contributed by atoms with Gasteiger partial charge in [0.2, 0.25) is 0 Å². The number of amides is 1. The molecule has 1 heterocycles. The zero-order valence-corrected chi connectivity index (χ0v) is 13.1. The first-order chi connectivity index (χ1) is 10.2. The van der Waals surface area contributed by atoms with Crippen LogP contribution in [0.1, 0.15) is 43.0 Å². The van der Waals surface area contributed by atoms with Crippen LogP contribution in [-0.4, -0.2) is 43.6 Å². The Labute approximate surface area is 127 Å². The lowest BCUT2D eigenvalue weighted by molar-refractivity contribution is 0.0698. The average Bonchev–Trinajstić information content (AvgIpc) is 2.55. The van der Waals surface area contributed by atoms with Crippen molar-refractivity contribution in [1.29, 1.82) is 0 Å². The lowest BCUT2D eigenvalue weighted by Gasteiger charge is -2.32. The first-order valence-corrected chi connectivity index (χ1v) is 7.94. The van der Waals surface area contributed by atoms with Crippen molar-refractivity contribution in [2.75, 3.05) is 26.7 Å². The second-order valence-corrected chi connectivity index (χ2v) is 5.61. The van der Waals surface area contributed by atoms with Crippen LogP contribution in [0.25, 0.3) is 0 Å². The van der Waals surface area contributed by atoms with Crippen LogP contribution < -0.4 is 10.1 Å². The number of benzene rings is 1. The summed E-state index contributed by atoms with van der Waals surface area (Å²) in [6.07, 6.45) is 4.39. The summed E-state index contributed by atoms with van der Waals surface area (Å²) in [6.45, 7) is 4.53. The Bertz CT molecular complexity index is 445. The van der Waals surface area contributed by atoms with Crippen LogP contribution in [0.3, 0.4) is 0 Å². The van der Waals surface area contributed by atoms with E-state index in [1.165, 1.54) is 0 Å². The molecule has 2 rings (SSSR count). The number of nitrogens with zero attached hydrogens (tertiary/aromatic N) is 1. The average molecular weight is 290 g/mol. The van der Waals surface area contributed by atoms with E-state index < -0.39 is 0 Å². The largest absolute Gasteiger partial charge is 0.494 e. The topological polar surface area (TPSA) is 41.6 Å². The van der Waals surface area contributed by atoms with Gasteiger partial charge in [0, 0.05) is 24.7 Å². The van der Waals surface area contributed by atoms with Gasteiger partial charge in [0.1, 0.15) is 5.75 Å². The summed E-state index contributed by atoms with van der Waals surface area (Å²) in [4.78, 5) is 14.4. The molecule has 0 aromatic heterocycles. The van der Waals surface area contributed by atoms with Crippen LogP contribution in [0.4, 0.5) is 0 Å². The molecule has 1 aliphatic rings. The number of ether oxygens (including phenoxy) is 1. The molecule has 0 spiro atoms. The summed E-state index contributed by atoms with van der Waals surface area (Å²) >= 11 is 0. The number of likely N-dealkylation sites (tertiary alicyclic amines) is 1. The van der Waals surface area contributed by atoms with Gasteiger partial charge in [-0.3, -0.25) is 4.79 Å². The summed E-state index contributed by atoms with van der Waals surface area (Å²) in [5, 5.41) is 3.26. The standard InChI is InChI=1S/C17H26N2O2/c1-3-4-12-21-16-9-7-14(8-10-16)17(20)19-11-5-6-15(13-19)18-2/h7-10,15,18H,3-6,11-13H2,1-2H3. The molecular formula is C17H26N2O2. The maximum absolute atomic E-state index is 12.5. The van der Waals surface area contributed by atoms with E-state index in [0.29, 0.717) is 6.04 Å². The van der Waals surface area contributed by atoms with Gasteiger partial charge in [-0.2, -0.15) is 0 Å². The van der Waals surface area contributed by atoms with Crippen molar-refractivity contribution in [3.05, 3.63) is 29.8 Å². The van der Waals surface area contributed by atoms with Crippen LogP contribution >= 0.6 is 0 Å². The van der Waals surface area contributed by atoms with Crippen molar-refractivity contribution >= 4 is 5.91 Å². The van der Waals surface area contributed by atoms with Crippen molar-refractivity contribution in [2.24, 2.45) is 0 Å². The minimum Gasteiger partial charge on any atom is -0.494 e. The van der Waals surface area contributed by atoms with Crippen LogP contribution in [0, 0.1) is 0 Å². The Morgan fingerprint density at radius 2 is 2.14 bits per heavy atom. The predicted octanol–water partition coefficient (Wildman–Crippen LogP) is 2.69. The second-order valence-electron chi connectivity index (χ2n) is 5.61.